The maximum atomic E-state index is 2.28. The van der Waals surface area contributed by atoms with Crippen LogP contribution in [0.4, 0.5) is 0 Å². The first kappa shape index (κ1) is 7.25. The minimum Gasteiger partial charge on any atom is -0.0531 e. The predicted octanol–water partition coefficient (Wildman–Crippen LogP) is 5.85. The Morgan fingerprint density at radius 2 is 0.450 bits per heavy atom. The molecule has 0 aromatic heterocycles. The lowest BCUT2D eigenvalue weighted by atomic mass is 9.63. The number of fused-ring (bicyclic) bond motifs is 22. The van der Waals surface area contributed by atoms with Gasteiger partial charge in [-0.15, -0.1) is 0 Å². The molecule has 0 atom stereocenters. The van der Waals surface area contributed by atoms with Crippen LogP contribution in [0.3, 0.4) is 0 Å². The highest BCUT2D eigenvalue weighted by Crippen LogP contribution is 2.69. The van der Waals surface area contributed by atoms with Crippen LogP contribution in [0.1, 0.15) is 0 Å². The van der Waals surface area contributed by atoms with E-state index in [0.29, 0.717) is 0 Å². The molecular weight excluding hydrogens is 240 g/mol. The van der Waals surface area contributed by atoms with Crippen molar-refractivity contribution in [1.29, 1.82) is 0 Å². The summed E-state index contributed by atoms with van der Waals surface area (Å²) in [5.74, 6) is 0. The summed E-state index contributed by atoms with van der Waals surface area (Å²) < 4.78 is 0. The third-order valence-electron chi connectivity index (χ3n) is 6.49. The van der Waals surface area contributed by atoms with Crippen molar-refractivity contribution in [1.82, 2.24) is 0 Å². The molecule has 0 heteroatoms. The van der Waals surface area contributed by atoms with Gasteiger partial charge >= 0.3 is 0 Å². The first-order valence-electron chi connectivity index (χ1n) is 7.32. The van der Waals surface area contributed by atoms with E-state index in [4.69, 9.17) is 0 Å². The van der Waals surface area contributed by atoms with E-state index in [0.717, 1.165) is 0 Å². The zero-order valence-electron chi connectivity index (χ0n) is 10.3. The quantitative estimate of drug-likeness (QED) is 0.293. The smallest absolute Gasteiger partial charge is 0.000000386 e. The zero-order chi connectivity index (χ0) is 12.1. The van der Waals surface area contributed by atoms with Crippen LogP contribution in [0.15, 0.2) is 24.3 Å². The molecule has 0 aliphatic heterocycles. The molecule has 0 bridgehead atoms. The lowest BCUT2D eigenvalue weighted by molar-refractivity contribution is 1.85. The minimum atomic E-state index is 1.54. The number of hydrogen-bond acceptors (Lipinski definition) is 0. The van der Waals surface area contributed by atoms with Crippen molar-refractivity contribution in [3.05, 3.63) is 24.3 Å². The van der Waals surface area contributed by atoms with Gasteiger partial charge in [0, 0.05) is 0 Å². The lowest BCUT2D eigenvalue weighted by Gasteiger charge is -2.38. The van der Waals surface area contributed by atoms with Crippen molar-refractivity contribution < 1.29 is 0 Å². The molecule has 20 heavy (non-hydrogen) atoms. The maximum absolute atomic E-state index is 2.28. The van der Waals surface area contributed by atoms with Gasteiger partial charge in [0.15, 0.2) is 0 Å². The van der Waals surface area contributed by atoms with Gasteiger partial charge in [-0.2, -0.15) is 0 Å². The Morgan fingerprint density at radius 3 is 0.650 bits per heavy atom. The molecule has 0 heterocycles. The van der Waals surface area contributed by atoms with E-state index < -0.39 is 0 Å². The average molecular weight is 244 g/mol. The average Bonchev–Trinajstić information content (AvgIpc) is 2.36. The largest absolute Gasteiger partial charge is 0.0531 e. The first-order valence-corrected chi connectivity index (χ1v) is 7.32. The molecule has 84 valence electrons. The van der Waals surface area contributed by atoms with Crippen molar-refractivity contribution >= 4 is 86.2 Å². The fourth-order valence-corrected chi connectivity index (χ4v) is 5.51. The number of benzene rings is 8. The van der Waals surface area contributed by atoms with Crippen LogP contribution in [-0.2, 0) is 0 Å². The Labute approximate surface area is 111 Å². The molecule has 9 rings (SSSR count). The van der Waals surface area contributed by atoms with Crippen molar-refractivity contribution in [2.24, 2.45) is 0 Å². The van der Waals surface area contributed by atoms with Gasteiger partial charge in [-0.25, -0.2) is 0 Å². The molecule has 0 unspecified atom stereocenters. The van der Waals surface area contributed by atoms with E-state index in [2.05, 4.69) is 24.3 Å². The zero-order valence-corrected chi connectivity index (χ0v) is 10.3. The monoisotopic (exact) mass is 244 g/mol. The second kappa shape index (κ2) is 1.59. The molecule has 9 aromatic rings. The molecule has 0 aliphatic carbocycles. The van der Waals surface area contributed by atoms with Crippen molar-refractivity contribution in [2.45, 2.75) is 0 Å². The summed E-state index contributed by atoms with van der Waals surface area (Å²) in [7, 11) is 0. The maximum Gasteiger partial charge on any atom is -0.000000386 e. The summed E-state index contributed by atoms with van der Waals surface area (Å²) in [5, 5.41) is 25.5. The Hall–Kier alpha value is -2.60. The standard InChI is InChI=1S/C20H4/c1-2-6-5(1)9-10(6)14-13(9)17-18(14)20-16-12-8-4-3-7(8)11(12)15(16)19(17)20/h1-4H. The van der Waals surface area contributed by atoms with Crippen molar-refractivity contribution in [3.8, 4) is 0 Å². The summed E-state index contributed by atoms with van der Waals surface area (Å²) in [6.07, 6.45) is 0. The van der Waals surface area contributed by atoms with E-state index >= 15 is 0 Å². The highest BCUT2D eigenvalue weighted by Gasteiger charge is 2.39. The molecule has 0 amide bonds. The molecule has 0 saturated heterocycles. The molecule has 0 fully saturated rings. The van der Waals surface area contributed by atoms with E-state index in [-0.39, 0.29) is 0 Å². The first-order chi connectivity index (χ1) is 9.97. The summed E-state index contributed by atoms with van der Waals surface area (Å²) >= 11 is 0. The molecule has 0 N–H and O–H groups in total. The van der Waals surface area contributed by atoms with Crippen molar-refractivity contribution in [3.63, 3.8) is 0 Å². The molecule has 9 aromatic carbocycles. The summed E-state index contributed by atoms with van der Waals surface area (Å²) in [6, 6.07) is 9.12. The summed E-state index contributed by atoms with van der Waals surface area (Å²) in [5.41, 5.74) is 0. The van der Waals surface area contributed by atoms with Gasteiger partial charge in [-0.05, 0) is 86.2 Å². The van der Waals surface area contributed by atoms with Gasteiger partial charge in [-0.3, -0.25) is 0 Å². The molecule has 0 aliphatic rings. The van der Waals surface area contributed by atoms with Gasteiger partial charge in [-0.1, -0.05) is 24.3 Å². The van der Waals surface area contributed by atoms with Gasteiger partial charge in [0.05, 0.1) is 0 Å². The number of rotatable bonds is 0. The van der Waals surface area contributed by atoms with Crippen LogP contribution in [0.25, 0.3) is 86.2 Å². The second-order valence-corrected chi connectivity index (χ2v) is 6.82. The van der Waals surface area contributed by atoms with Crippen LogP contribution in [0, 0.1) is 0 Å². The lowest BCUT2D eigenvalue weighted by Crippen LogP contribution is -2.09. The highest BCUT2D eigenvalue weighted by molar-refractivity contribution is 6.73. The molecule has 0 nitrogen and oxygen atoms in total. The molecular formula is C20H4. The Kier molecular flexibility index (Phi) is 0.578. The topological polar surface area (TPSA) is 0 Å². The van der Waals surface area contributed by atoms with E-state index in [9.17, 15) is 0 Å². The Bertz CT molecular complexity index is 1390. The highest BCUT2D eigenvalue weighted by atomic mass is 14.4. The summed E-state index contributed by atoms with van der Waals surface area (Å²) in [4.78, 5) is 0. The van der Waals surface area contributed by atoms with Gasteiger partial charge in [0.2, 0.25) is 0 Å². The Morgan fingerprint density at radius 1 is 0.250 bits per heavy atom. The molecule has 0 spiro atoms. The van der Waals surface area contributed by atoms with E-state index in [1.165, 1.54) is 21.5 Å². The van der Waals surface area contributed by atoms with Crippen LogP contribution in [0.2, 0.25) is 0 Å². The van der Waals surface area contributed by atoms with Gasteiger partial charge < -0.3 is 0 Å². The van der Waals surface area contributed by atoms with Crippen LogP contribution in [-0.4, -0.2) is 0 Å². The number of hydrogen-bond donors (Lipinski definition) is 0. The summed E-state index contributed by atoms with van der Waals surface area (Å²) in [6.45, 7) is 0. The molecule has 0 radical (unpaired) electrons. The SMILES string of the molecule is c1cc2c1c1c2c2c1c1c2c2c3c4c5ccc5c4c3c12. The Balaban J connectivity index is 1.63. The van der Waals surface area contributed by atoms with Crippen LogP contribution >= 0.6 is 0 Å². The predicted molar refractivity (Wildman–Crippen MR) is 87.2 cm³/mol. The normalized spacial score (nSPS) is 16.0. The van der Waals surface area contributed by atoms with Crippen LogP contribution < -0.4 is 0 Å². The van der Waals surface area contributed by atoms with Crippen molar-refractivity contribution in [2.75, 3.05) is 0 Å². The second-order valence-electron chi connectivity index (χ2n) is 6.82. The third-order valence-corrected chi connectivity index (χ3v) is 6.49. The van der Waals surface area contributed by atoms with Gasteiger partial charge in [0.1, 0.15) is 0 Å². The van der Waals surface area contributed by atoms with E-state index in [1.54, 1.807) is 64.6 Å². The fraction of sp³-hybridized carbons (Fsp3) is 0. The molecule has 0 saturated carbocycles. The van der Waals surface area contributed by atoms with E-state index in [1.807, 2.05) is 0 Å². The third kappa shape index (κ3) is 0.351. The fourth-order valence-electron chi connectivity index (χ4n) is 5.51. The van der Waals surface area contributed by atoms with Crippen LogP contribution in [0.5, 0.6) is 0 Å². The minimum absolute atomic E-state index is 1.54. The van der Waals surface area contributed by atoms with Gasteiger partial charge in [0.25, 0.3) is 0 Å².